The van der Waals surface area contributed by atoms with Crippen LogP contribution in [0.5, 0.6) is 0 Å². The molecule has 2 unspecified atom stereocenters. The third-order valence-corrected chi connectivity index (χ3v) is 32.6. The van der Waals surface area contributed by atoms with Crippen LogP contribution in [-0.4, -0.2) is 38.3 Å². The summed E-state index contributed by atoms with van der Waals surface area (Å²) in [4.78, 5) is 0. The zero-order valence-electron chi connectivity index (χ0n) is 26.9. The van der Waals surface area contributed by atoms with Gasteiger partial charge in [0.1, 0.15) is 0 Å². The second-order valence-corrected chi connectivity index (χ2v) is 28.2. The second-order valence-electron chi connectivity index (χ2n) is 15.9. The van der Waals surface area contributed by atoms with Crippen molar-refractivity contribution >= 4 is 48.1 Å². The van der Waals surface area contributed by atoms with Crippen molar-refractivity contribution in [2.24, 2.45) is 0 Å². The van der Waals surface area contributed by atoms with Crippen LogP contribution in [0, 0.1) is 0 Å². The molecule has 0 N–H and O–H groups in total. The Labute approximate surface area is 275 Å². The molecule has 244 valence electrons. The molecule has 0 spiro atoms. The van der Waals surface area contributed by atoms with Crippen LogP contribution in [-0.2, 0) is 4.31 Å². The molecule has 0 radical (unpaired) electrons. The predicted octanol–water partition coefficient (Wildman–Crippen LogP) is 14.3. The van der Waals surface area contributed by atoms with Gasteiger partial charge in [-0.2, -0.15) is 0 Å². The molecule has 0 heterocycles. The Hall–Kier alpha value is 1.69. The van der Waals surface area contributed by atoms with Crippen LogP contribution in [0.3, 0.4) is 0 Å². The van der Waals surface area contributed by atoms with Gasteiger partial charge in [-0.3, -0.25) is 0 Å². The normalized spacial score (nSPS) is 34.2. The van der Waals surface area contributed by atoms with Crippen molar-refractivity contribution in [3.8, 4) is 0 Å². The SMILES string of the molecule is ClC1CCCCC1(Cl)P(Cl)(O[P+](C1CCCCC1)(C1CCCCC1)C1CCCCC1)(C1CCCCC1)C1CCCCC1. The van der Waals surface area contributed by atoms with Gasteiger partial charge in [0.05, 0.1) is 0 Å². The first-order chi connectivity index (χ1) is 20.4. The van der Waals surface area contributed by atoms with Crippen LogP contribution in [0.4, 0.5) is 0 Å². The molecule has 6 fully saturated rings. The van der Waals surface area contributed by atoms with E-state index in [9.17, 15) is 11.2 Å². The monoisotopic (exact) mass is 679 g/mol. The predicted molar refractivity (Wildman–Crippen MR) is 192 cm³/mol. The maximum absolute atomic E-state index is 9.23. The van der Waals surface area contributed by atoms with Gasteiger partial charge in [0, 0.05) is 0 Å². The van der Waals surface area contributed by atoms with E-state index in [1.807, 2.05) is 0 Å². The molecule has 6 aliphatic carbocycles. The standard InChI is InChI=1S/C36H64Cl3OP2/c37-35-28-16-17-29-36(35,38)42(39,33-24-12-4-13-25-33,34-26-14-5-15-27-34)40-41(30-18-6-1-7-19-30,31-20-8-2-9-21-31)32-22-10-3-11-23-32/h30-35H,1-29H2/q+1. The van der Waals surface area contributed by atoms with E-state index in [1.165, 1.54) is 173 Å². The van der Waals surface area contributed by atoms with Crippen LogP contribution >= 0.6 is 48.1 Å². The molecule has 6 aliphatic rings. The van der Waals surface area contributed by atoms with E-state index in [4.69, 9.17) is 27.5 Å². The Morgan fingerprint density at radius 2 is 0.810 bits per heavy atom. The van der Waals surface area contributed by atoms with Gasteiger partial charge < -0.3 is 0 Å². The summed E-state index contributed by atoms with van der Waals surface area (Å²) in [5, 5.41) is -0.0436. The average Bonchev–Trinajstić information content (AvgIpc) is 3.07. The van der Waals surface area contributed by atoms with Crippen molar-refractivity contribution in [2.75, 3.05) is 0 Å². The quantitative estimate of drug-likeness (QED) is 0.183. The van der Waals surface area contributed by atoms with Gasteiger partial charge in [-0.15, -0.1) is 0 Å². The Morgan fingerprint density at radius 1 is 0.476 bits per heavy atom. The van der Waals surface area contributed by atoms with Gasteiger partial charge in [0.2, 0.25) is 0 Å². The van der Waals surface area contributed by atoms with E-state index in [0.717, 1.165) is 29.8 Å². The summed E-state index contributed by atoms with van der Waals surface area (Å²) in [7, 11) is -1.90. The van der Waals surface area contributed by atoms with Gasteiger partial charge in [-0.1, -0.05) is 0 Å². The summed E-state index contributed by atoms with van der Waals surface area (Å²) in [5.41, 5.74) is 3.22. The molecule has 0 aromatic carbocycles. The van der Waals surface area contributed by atoms with Gasteiger partial charge in [0.15, 0.2) is 0 Å². The molecule has 6 saturated carbocycles. The Bertz CT molecular complexity index is 792. The second kappa shape index (κ2) is 14.4. The molecule has 0 aromatic heterocycles. The first-order valence-corrected chi connectivity index (χ1v) is 25.0. The summed E-state index contributed by atoms with van der Waals surface area (Å²) < 4.78 is 8.46. The van der Waals surface area contributed by atoms with Crippen LogP contribution in [0.15, 0.2) is 0 Å². The van der Waals surface area contributed by atoms with Gasteiger partial charge in [-0.25, -0.2) is 0 Å². The summed E-state index contributed by atoms with van der Waals surface area (Å²) in [6.07, 6.45) is 34.9. The van der Waals surface area contributed by atoms with E-state index in [2.05, 4.69) is 0 Å². The van der Waals surface area contributed by atoms with Crippen molar-refractivity contribution in [1.29, 1.82) is 0 Å². The summed E-state index contributed by atoms with van der Waals surface area (Å²) in [6, 6.07) is 0. The topological polar surface area (TPSA) is 9.23 Å². The van der Waals surface area contributed by atoms with Crippen molar-refractivity contribution in [3.63, 3.8) is 0 Å². The molecule has 0 aliphatic heterocycles. The minimum atomic E-state index is -3.56. The Morgan fingerprint density at radius 3 is 1.17 bits per heavy atom. The summed E-state index contributed by atoms with van der Waals surface area (Å²) in [6.45, 7) is 0. The maximum atomic E-state index is 9.23. The molecular formula is C36H64Cl3OP2+. The fraction of sp³-hybridized carbons (Fsp3) is 1.00. The minimum absolute atomic E-state index is 0.0436. The zero-order chi connectivity index (χ0) is 29.1. The van der Waals surface area contributed by atoms with Crippen LogP contribution in [0.25, 0.3) is 0 Å². The molecule has 0 bridgehead atoms. The molecule has 0 aromatic rings. The molecular weight excluding hydrogens is 617 g/mol. The fourth-order valence-electron chi connectivity index (χ4n) is 11.6. The van der Waals surface area contributed by atoms with E-state index in [1.54, 1.807) is 0 Å². The van der Waals surface area contributed by atoms with E-state index < -0.39 is 18.3 Å². The van der Waals surface area contributed by atoms with Crippen molar-refractivity contribution in [2.45, 2.75) is 224 Å². The van der Waals surface area contributed by atoms with Crippen LogP contribution in [0.2, 0.25) is 0 Å². The summed E-state index contributed by atoms with van der Waals surface area (Å²) in [5.74, 6) is 0. The first-order valence-electron chi connectivity index (χ1n) is 19.1. The summed E-state index contributed by atoms with van der Waals surface area (Å²) >= 11 is 25.4. The molecule has 1 nitrogen and oxygen atoms in total. The molecule has 2 atom stereocenters. The van der Waals surface area contributed by atoms with Crippen molar-refractivity contribution in [1.82, 2.24) is 0 Å². The van der Waals surface area contributed by atoms with Crippen LogP contribution in [0.1, 0.15) is 186 Å². The Kier molecular flexibility index (Phi) is 11.5. The fourth-order valence-corrected chi connectivity index (χ4v) is 33.3. The van der Waals surface area contributed by atoms with Crippen molar-refractivity contribution < 1.29 is 4.31 Å². The number of alkyl halides is 2. The first kappa shape index (κ1) is 33.6. The van der Waals surface area contributed by atoms with Gasteiger partial charge in [-0.05, 0) is 0 Å². The zero-order valence-corrected chi connectivity index (χ0v) is 31.0. The molecule has 0 amide bonds. The van der Waals surface area contributed by atoms with E-state index >= 15 is 0 Å². The molecule has 42 heavy (non-hydrogen) atoms. The number of hydrogen-bond donors (Lipinski definition) is 0. The third kappa shape index (κ3) is 5.84. The third-order valence-electron chi connectivity index (χ3n) is 13.7. The molecule has 0 saturated heterocycles. The van der Waals surface area contributed by atoms with E-state index in [0.29, 0.717) is 11.3 Å². The average molecular weight is 681 g/mol. The van der Waals surface area contributed by atoms with Gasteiger partial charge >= 0.3 is 277 Å². The van der Waals surface area contributed by atoms with Gasteiger partial charge in [0.25, 0.3) is 0 Å². The number of halogens is 3. The number of rotatable bonds is 8. The Balaban J connectivity index is 1.59. The molecule has 6 rings (SSSR count). The van der Waals surface area contributed by atoms with E-state index in [-0.39, 0.29) is 5.38 Å². The van der Waals surface area contributed by atoms with Crippen molar-refractivity contribution in [3.05, 3.63) is 0 Å². The molecule has 6 heteroatoms. The van der Waals surface area contributed by atoms with Crippen LogP contribution < -0.4 is 0 Å². The number of hydrogen-bond acceptors (Lipinski definition) is 1.